The summed E-state index contributed by atoms with van der Waals surface area (Å²) in [5.41, 5.74) is 4.45. The van der Waals surface area contributed by atoms with Crippen molar-refractivity contribution in [3.8, 4) is 23.0 Å². The van der Waals surface area contributed by atoms with Gasteiger partial charge in [-0.2, -0.15) is 0 Å². The van der Waals surface area contributed by atoms with Gasteiger partial charge in [-0.15, -0.1) is 0 Å². The second kappa shape index (κ2) is 9.58. The Labute approximate surface area is 181 Å². The van der Waals surface area contributed by atoms with Gasteiger partial charge in [0, 0.05) is 28.0 Å². The van der Waals surface area contributed by atoms with Crippen LogP contribution in [0.15, 0.2) is 66.9 Å². The number of halogens is 1. The topological polar surface area (TPSA) is 45.2 Å². The fraction of sp³-hybridized carbons (Fsp3) is 0.200. The number of anilines is 1. The van der Waals surface area contributed by atoms with Gasteiger partial charge in [-0.25, -0.2) is 4.98 Å². The number of carbonyl (C=O) groups excluding carboxylic acids is 1. The van der Waals surface area contributed by atoms with E-state index >= 15 is 0 Å². The van der Waals surface area contributed by atoms with Crippen LogP contribution in [0.3, 0.4) is 0 Å². The molecule has 30 heavy (non-hydrogen) atoms. The molecule has 0 atom stereocenters. The van der Waals surface area contributed by atoms with Crippen molar-refractivity contribution < 1.29 is 4.79 Å². The molecule has 1 aliphatic rings. The number of rotatable bonds is 4. The van der Waals surface area contributed by atoms with Gasteiger partial charge in [0.15, 0.2) is 0 Å². The van der Waals surface area contributed by atoms with Crippen LogP contribution in [-0.4, -0.2) is 35.4 Å². The smallest absolute Gasteiger partial charge is 0.238 e. The van der Waals surface area contributed by atoms with Crippen molar-refractivity contribution >= 4 is 23.2 Å². The van der Waals surface area contributed by atoms with Crippen molar-refractivity contribution in [2.45, 2.75) is 12.8 Å². The van der Waals surface area contributed by atoms with Gasteiger partial charge in [0.1, 0.15) is 5.69 Å². The third-order valence-corrected chi connectivity index (χ3v) is 5.26. The fourth-order valence-electron chi connectivity index (χ4n) is 3.40. The highest BCUT2D eigenvalue weighted by molar-refractivity contribution is 6.30. The minimum Gasteiger partial charge on any atom is -0.325 e. The second-order valence-electron chi connectivity index (χ2n) is 7.30. The molecule has 1 amide bonds. The molecule has 1 fully saturated rings. The van der Waals surface area contributed by atoms with E-state index in [1.165, 1.54) is 12.8 Å². The van der Waals surface area contributed by atoms with Crippen LogP contribution in [0.25, 0.3) is 11.1 Å². The maximum atomic E-state index is 12.1. The van der Waals surface area contributed by atoms with Crippen LogP contribution in [0.5, 0.6) is 0 Å². The Hall–Kier alpha value is -3.13. The molecule has 2 aromatic carbocycles. The first-order valence-electron chi connectivity index (χ1n) is 10.0. The van der Waals surface area contributed by atoms with Crippen molar-refractivity contribution in [1.29, 1.82) is 0 Å². The van der Waals surface area contributed by atoms with Crippen LogP contribution in [0, 0.1) is 11.8 Å². The largest absolute Gasteiger partial charge is 0.325 e. The summed E-state index contributed by atoms with van der Waals surface area (Å²) in [6.07, 6.45) is 4.17. The first kappa shape index (κ1) is 20.2. The number of benzene rings is 2. The number of pyridine rings is 1. The second-order valence-corrected chi connectivity index (χ2v) is 7.73. The van der Waals surface area contributed by atoms with E-state index < -0.39 is 0 Å². The number of hydrogen-bond donors (Lipinski definition) is 1. The van der Waals surface area contributed by atoms with Crippen LogP contribution in [0.4, 0.5) is 5.69 Å². The summed E-state index contributed by atoms with van der Waals surface area (Å²) in [6.45, 7) is 2.48. The molecule has 0 radical (unpaired) electrons. The van der Waals surface area contributed by atoms with Gasteiger partial charge in [-0.3, -0.25) is 9.69 Å². The molecule has 0 bridgehead atoms. The summed E-state index contributed by atoms with van der Waals surface area (Å²) >= 11 is 5.94. The lowest BCUT2D eigenvalue weighted by atomic mass is 10.1. The Bertz CT molecular complexity index is 1060. The summed E-state index contributed by atoms with van der Waals surface area (Å²) in [5, 5.41) is 3.66. The standard InChI is InChI=1S/C25H22ClN3O/c26-22-9-6-20(7-10-22)21-8-14-23(27-17-21)11-3-19-4-12-24(13-5-19)28-25(30)18-29-15-1-2-16-29/h4-10,12-14,17H,1-2,15-16,18H2,(H,28,30). The quantitative estimate of drug-likeness (QED) is 0.620. The van der Waals surface area contributed by atoms with E-state index in [2.05, 4.69) is 27.0 Å². The summed E-state index contributed by atoms with van der Waals surface area (Å²) in [4.78, 5) is 18.7. The molecule has 1 saturated heterocycles. The van der Waals surface area contributed by atoms with Crippen molar-refractivity contribution in [3.05, 3.63) is 83.1 Å². The van der Waals surface area contributed by atoms with Gasteiger partial charge in [0.25, 0.3) is 0 Å². The van der Waals surface area contributed by atoms with Crippen LogP contribution >= 0.6 is 11.6 Å². The monoisotopic (exact) mass is 415 g/mol. The molecule has 0 aliphatic carbocycles. The highest BCUT2D eigenvalue weighted by Gasteiger charge is 2.14. The maximum Gasteiger partial charge on any atom is 0.238 e. The first-order valence-corrected chi connectivity index (χ1v) is 10.4. The molecule has 1 aliphatic heterocycles. The number of nitrogens with one attached hydrogen (secondary N) is 1. The highest BCUT2D eigenvalue weighted by atomic mass is 35.5. The normalized spacial score (nSPS) is 13.5. The molecule has 2 heterocycles. The molecule has 4 nitrogen and oxygen atoms in total. The van der Waals surface area contributed by atoms with Crippen molar-refractivity contribution in [2.75, 3.05) is 25.0 Å². The van der Waals surface area contributed by atoms with E-state index in [9.17, 15) is 4.79 Å². The SMILES string of the molecule is O=C(CN1CCCC1)Nc1ccc(C#Cc2ccc(-c3ccc(Cl)cc3)cn2)cc1. The number of carbonyl (C=O) groups is 1. The number of aromatic nitrogens is 1. The minimum atomic E-state index is 0.0284. The molecule has 150 valence electrons. The maximum absolute atomic E-state index is 12.1. The average molecular weight is 416 g/mol. The summed E-state index contributed by atoms with van der Waals surface area (Å²) in [5.74, 6) is 6.23. The van der Waals surface area contributed by atoms with Crippen LogP contribution in [0.2, 0.25) is 5.02 Å². The Morgan fingerprint density at radius 2 is 1.63 bits per heavy atom. The molecular weight excluding hydrogens is 394 g/mol. The van der Waals surface area contributed by atoms with Crippen LogP contribution in [0.1, 0.15) is 24.1 Å². The third-order valence-electron chi connectivity index (χ3n) is 5.01. The summed E-state index contributed by atoms with van der Waals surface area (Å²) in [6, 6.07) is 19.1. The lowest BCUT2D eigenvalue weighted by molar-refractivity contribution is -0.117. The van der Waals surface area contributed by atoms with E-state index in [4.69, 9.17) is 11.6 Å². The zero-order chi connectivity index (χ0) is 20.8. The Balaban J connectivity index is 1.35. The molecule has 0 spiro atoms. The predicted octanol–water partition coefficient (Wildman–Crippen LogP) is 4.84. The summed E-state index contributed by atoms with van der Waals surface area (Å²) in [7, 11) is 0. The van der Waals surface area contributed by atoms with Crippen molar-refractivity contribution in [3.63, 3.8) is 0 Å². The Morgan fingerprint density at radius 3 is 2.30 bits per heavy atom. The third kappa shape index (κ3) is 5.48. The molecule has 1 aromatic heterocycles. The fourth-order valence-corrected chi connectivity index (χ4v) is 3.52. The van der Waals surface area contributed by atoms with Gasteiger partial charge in [0.2, 0.25) is 5.91 Å². The summed E-state index contributed by atoms with van der Waals surface area (Å²) < 4.78 is 0. The molecule has 0 saturated carbocycles. The van der Waals surface area contributed by atoms with Crippen LogP contribution in [-0.2, 0) is 4.79 Å². The molecule has 5 heteroatoms. The van der Waals surface area contributed by atoms with Gasteiger partial charge in [-0.05, 0) is 79.9 Å². The van der Waals surface area contributed by atoms with Gasteiger partial charge in [0.05, 0.1) is 6.54 Å². The van der Waals surface area contributed by atoms with Crippen LogP contribution < -0.4 is 5.32 Å². The number of amides is 1. The van der Waals surface area contributed by atoms with E-state index in [1.807, 2.05) is 66.9 Å². The van der Waals surface area contributed by atoms with Gasteiger partial charge < -0.3 is 5.32 Å². The number of hydrogen-bond acceptors (Lipinski definition) is 3. The molecular formula is C25H22ClN3O. The van der Waals surface area contributed by atoms with Gasteiger partial charge >= 0.3 is 0 Å². The molecule has 0 unspecified atom stereocenters. The minimum absolute atomic E-state index is 0.0284. The van der Waals surface area contributed by atoms with E-state index in [-0.39, 0.29) is 5.91 Å². The molecule has 3 aromatic rings. The van der Waals surface area contributed by atoms with Crippen molar-refractivity contribution in [1.82, 2.24) is 9.88 Å². The lowest BCUT2D eigenvalue weighted by Crippen LogP contribution is -2.30. The molecule has 1 N–H and O–H groups in total. The lowest BCUT2D eigenvalue weighted by Gasteiger charge is -2.14. The van der Waals surface area contributed by atoms with E-state index in [1.54, 1.807) is 0 Å². The average Bonchev–Trinajstić information content (AvgIpc) is 3.27. The Kier molecular flexibility index (Phi) is 6.44. The zero-order valence-corrected chi connectivity index (χ0v) is 17.3. The number of likely N-dealkylation sites (tertiary alicyclic amines) is 1. The van der Waals surface area contributed by atoms with Gasteiger partial charge in [-0.1, -0.05) is 35.7 Å². The van der Waals surface area contributed by atoms with E-state index in [0.29, 0.717) is 17.3 Å². The number of nitrogens with zero attached hydrogens (tertiary/aromatic N) is 2. The highest BCUT2D eigenvalue weighted by Crippen LogP contribution is 2.20. The molecule has 4 rings (SSSR count). The van der Waals surface area contributed by atoms with E-state index in [0.717, 1.165) is 35.5 Å². The Morgan fingerprint density at radius 1 is 0.933 bits per heavy atom. The van der Waals surface area contributed by atoms with Crippen molar-refractivity contribution in [2.24, 2.45) is 0 Å². The first-order chi connectivity index (χ1) is 14.7. The zero-order valence-electron chi connectivity index (χ0n) is 16.6. The predicted molar refractivity (Wildman–Crippen MR) is 121 cm³/mol.